The smallest absolute Gasteiger partial charge is 0.277 e. The Morgan fingerprint density at radius 2 is 2.18 bits per heavy atom. The Hall–Kier alpha value is -3.13. The van der Waals surface area contributed by atoms with E-state index in [1.165, 1.54) is 10.8 Å². The lowest BCUT2D eigenvalue weighted by Crippen LogP contribution is -2.28. The highest BCUT2D eigenvalue weighted by atomic mass is 35.5. The van der Waals surface area contributed by atoms with Crippen molar-refractivity contribution in [2.45, 2.75) is 26.2 Å². The summed E-state index contributed by atoms with van der Waals surface area (Å²) in [6.45, 7) is 2.26. The van der Waals surface area contributed by atoms with Crippen LogP contribution in [0.3, 0.4) is 0 Å². The number of aromatic nitrogens is 5. The van der Waals surface area contributed by atoms with E-state index in [2.05, 4.69) is 25.4 Å². The van der Waals surface area contributed by atoms with Crippen LogP contribution in [-0.4, -0.2) is 37.0 Å². The summed E-state index contributed by atoms with van der Waals surface area (Å²) in [6, 6.07) is 5.69. The van der Waals surface area contributed by atoms with Crippen molar-refractivity contribution in [2.24, 2.45) is 0 Å². The first-order valence-corrected chi connectivity index (χ1v) is 9.34. The number of amides is 1. The van der Waals surface area contributed by atoms with Gasteiger partial charge in [0.25, 0.3) is 11.3 Å². The van der Waals surface area contributed by atoms with E-state index in [4.69, 9.17) is 11.6 Å². The summed E-state index contributed by atoms with van der Waals surface area (Å²) in [6.07, 6.45) is 4.58. The Balaban J connectivity index is 1.35. The fraction of sp³-hybridized carbons (Fsp3) is 0.263. The van der Waals surface area contributed by atoms with Crippen LogP contribution in [0.25, 0.3) is 16.7 Å². The molecule has 0 unspecified atom stereocenters. The molecule has 0 aliphatic rings. The number of hydrogen-bond donors (Lipinski definition) is 3. The third kappa shape index (κ3) is 3.50. The maximum atomic E-state index is 12.5. The maximum absolute atomic E-state index is 12.5. The van der Waals surface area contributed by atoms with Crippen LogP contribution < -0.4 is 10.9 Å². The molecule has 28 heavy (non-hydrogen) atoms. The number of carbonyl (C=O) groups excluding carboxylic acids is 1. The lowest BCUT2D eigenvalue weighted by molar-refractivity contribution is -0.121. The zero-order valence-electron chi connectivity index (χ0n) is 15.3. The molecular weight excluding hydrogens is 380 g/mol. The summed E-state index contributed by atoms with van der Waals surface area (Å²) in [5.74, 6) is 0.223. The van der Waals surface area contributed by atoms with Crippen LogP contribution in [0.15, 0.2) is 35.5 Å². The Morgan fingerprint density at radius 3 is 3.04 bits per heavy atom. The average molecular weight is 399 g/mol. The van der Waals surface area contributed by atoms with Gasteiger partial charge in [-0.25, -0.2) is 9.97 Å². The second-order valence-electron chi connectivity index (χ2n) is 6.61. The predicted octanol–water partition coefficient (Wildman–Crippen LogP) is 2.15. The summed E-state index contributed by atoms with van der Waals surface area (Å²) >= 11 is 6.06. The number of halogens is 1. The molecule has 0 saturated heterocycles. The van der Waals surface area contributed by atoms with Crippen molar-refractivity contribution in [3.63, 3.8) is 0 Å². The molecule has 3 aromatic heterocycles. The van der Waals surface area contributed by atoms with E-state index in [1.54, 1.807) is 6.92 Å². The molecule has 1 aromatic carbocycles. The fourth-order valence-corrected chi connectivity index (χ4v) is 3.48. The molecule has 0 spiro atoms. The highest BCUT2D eigenvalue weighted by Crippen LogP contribution is 2.22. The highest BCUT2D eigenvalue weighted by Gasteiger charge is 2.13. The number of aromatic amines is 2. The van der Waals surface area contributed by atoms with Gasteiger partial charge in [-0.2, -0.15) is 4.52 Å². The monoisotopic (exact) mass is 398 g/mol. The summed E-state index contributed by atoms with van der Waals surface area (Å²) in [4.78, 5) is 36.1. The van der Waals surface area contributed by atoms with Crippen molar-refractivity contribution < 1.29 is 4.79 Å². The Kier molecular flexibility index (Phi) is 4.87. The quantitative estimate of drug-likeness (QED) is 0.462. The van der Waals surface area contributed by atoms with E-state index in [1.807, 2.05) is 24.4 Å². The number of H-pyrrole nitrogens is 2. The molecule has 3 N–H and O–H groups in total. The molecule has 3 heterocycles. The number of fused-ring (bicyclic) bond motifs is 2. The lowest BCUT2D eigenvalue weighted by Gasteiger charge is -2.07. The zero-order valence-corrected chi connectivity index (χ0v) is 16.0. The summed E-state index contributed by atoms with van der Waals surface area (Å²) in [5, 5.41) is 7.38. The topological polar surface area (TPSA) is 108 Å². The molecule has 9 heteroatoms. The van der Waals surface area contributed by atoms with Gasteiger partial charge in [0.05, 0.1) is 5.69 Å². The van der Waals surface area contributed by atoms with Gasteiger partial charge in [-0.1, -0.05) is 11.6 Å². The third-order valence-corrected chi connectivity index (χ3v) is 5.02. The van der Waals surface area contributed by atoms with Crippen molar-refractivity contribution in [1.82, 2.24) is 29.9 Å². The summed E-state index contributed by atoms with van der Waals surface area (Å²) < 4.78 is 1.28. The SMILES string of the molecule is Cc1nc2nc[nH]n2c(=O)c1CCC(=O)NCCc1c[nH]c2ccc(Cl)cc12. The number of rotatable bonds is 6. The molecule has 144 valence electrons. The van der Waals surface area contributed by atoms with Gasteiger partial charge in [0.2, 0.25) is 5.91 Å². The van der Waals surface area contributed by atoms with Gasteiger partial charge in [-0.15, -0.1) is 0 Å². The summed E-state index contributed by atoms with van der Waals surface area (Å²) in [5.41, 5.74) is 3.01. The number of aryl methyl sites for hydroxylation is 1. The molecule has 0 atom stereocenters. The molecule has 4 aromatic rings. The second kappa shape index (κ2) is 7.47. The van der Waals surface area contributed by atoms with Crippen LogP contribution in [0.4, 0.5) is 0 Å². The van der Waals surface area contributed by atoms with Crippen LogP contribution in [0.1, 0.15) is 23.2 Å². The number of hydrogen-bond acceptors (Lipinski definition) is 4. The molecule has 4 rings (SSSR count). The van der Waals surface area contributed by atoms with Crippen molar-refractivity contribution in [1.29, 1.82) is 0 Å². The first-order chi connectivity index (χ1) is 13.5. The van der Waals surface area contributed by atoms with Gasteiger partial charge in [0.1, 0.15) is 6.33 Å². The van der Waals surface area contributed by atoms with E-state index in [9.17, 15) is 9.59 Å². The molecule has 0 aliphatic heterocycles. The van der Waals surface area contributed by atoms with E-state index >= 15 is 0 Å². The minimum absolute atomic E-state index is 0.105. The average Bonchev–Trinajstić information content (AvgIpc) is 3.28. The summed E-state index contributed by atoms with van der Waals surface area (Å²) in [7, 11) is 0. The van der Waals surface area contributed by atoms with Gasteiger partial charge < -0.3 is 10.3 Å². The number of nitrogens with zero attached hydrogens (tertiary/aromatic N) is 3. The van der Waals surface area contributed by atoms with Crippen LogP contribution in [0.5, 0.6) is 0 Å². The number of nitrogens with one attached hydrogen (secondary N) is 3. The molecule has 0 bridgehead atoms. The van der Waals surface area contributed by atoms with Crippen LogP contribution in [0.2, 0.25) is 5.02 Å². The van der Waals surface area contributed by atoms with Crippen molar-refractivity contribution in [3.05, 3.63) is 62.9 Å². The molecule has 0 aliphatic carbocycles. The third-order valence-electron chi connectivity index (χ3n) is 4.78. The maximum Gasteiger partial charge on any atom is 0.277 e. The number of benzene rings is 1. The molecule has 0 radical (unpaired) electrons. The van der Waals surface area contributed by atoms with E-state index in [-0.39, 0.29) is 17.9 Å². The molecule has 0 saturated carbocycles. The first kappa shape index (κ1) is 18.2. The van der Waals surface area contributed by atoms with Crippen molar-refractivity contribution >= 4 is 34.2 Å². The normalized spacial score (nSPS) is 11.4. The molecule has 1 amide bonds. The lowest BCUT2D eigenvalue weighted by atomic mass is 10.1. The fourth-order valence-electron chi connectivity index (χ4n) is 3.30. The molecular formula is C19H19ClN6O2. The van der Waals surface area contributed by atoms with E-state index in [0.29, 0.717) is 41.4 Å². The van der Waals surface area contributed by atoms with Crippen molar-refractivity contribution in [3.8, 4) is 0 Å². The van der Waals surface area contributed by atoms with Gasteiger partial charge in [0, 0.05) is 40.7 Å². The Labute approximate surface area is 164 Å². The van der Waals surface area contributed by atoms with Crippen LogP contribution in [-0.2, 0) is 17.6 Å². The molecule has 8 nitrogen and oxygen atoms in total. The Morgan fingerprint density at radius 1 is 1.32 bits per heavy atom. The Bertz CT molecular complexity index is 1220. The van der Waals surface area contributed by atoms with Gasteiger partial charge in [-0.05, 0) is 43.5 Å². The van der Waals surface area contributed by atoms with Crippen molar-refractivity contribution in [2.75, 3.05) is 6.54 Å². The first-order valence-electron chi connectivity index (χ1n) is 8.97. The number of carbonyl (C=O) groups is 1. The molecule has 0 fully saturated rings. The van der Waals surface area contributed by atoms with E-state index in [0.717, 1.165) is 16.5 Å². The van der Waals surface area contributed by atoms with Gasteiger partial charge in [0.15, 0.2) is 0 Å². The standard InChI is InChI=1S/C19H19ClN6O2/c1-11-14(18(28)26-19(25-11)23-10-24-26)3-5-17(27)21-7-6-12-9-22-16-4-2-13(20)8-15(12)16/h2,4,8-10,22H,3,5-7H2,1H3,(H,21,27)(H,23,24,25). The largest absolute Gasteiger partial charge is 0.361 e. The van der Waals surface area contributed by atoms with E-state index < -0.39 is 0 Å². The highest BCUT2D eigenvalue weighted by molar-refractivity contribution is 6.31. The van der Waals surface area contributed by atoms with Gasteiger partial charge >= 0.3 is 0 Å². The minimum Gasteiger partial charge on any atom is -0.361 e. The van der Waals surface area contributed by atoms with Crippen LogP contribution in [0, 0.1) is 6.92 Å². The van der Waals surface area contributed by atoms with Gasteiger partial charge in [-0.3, -0.25) is 14.7 Å². The minimum atomic E-state index is -0.219. The second-order valence-corrected chi connectivity index (χ2v) is 7.04. The zero-order chi connectivity index (χ0) is 19.7. The van der Waals surface area contributed by atoms with Crippen LogP contribution >= 0.6 is 11.6 Å². The predicted molar refractivity (Wildman–Crippen MR) is 107 cm³/mol.